The van der Waals surface area contributed by atoms with Gasteiger partial charge in [0.25, 0.3) is 0 Å². The third-order valence-electron chi connectivity index (χ3n) is 1.27. The van der Waals surface area contributed by atoms with Crippen molar-refractivity contribution in [2.75, 3.05) is 32.0 Å². The first-order chi connectivity index (χ1) is 6.18. The number of ether oxygens (including phenoxy) is 1. The van der Waals surface area contributed by atoms with Crippen LogP contribution in [0, 0.1) is 0 Å². The van der Waals surface area contributed by atoms with Crippen molar-refractivity contribution in [2.45, 2.75) is 13.8 Å². The first-order valence-electron chi connectivity index (χ1n) is 4.20. The monoisotopic (exact) mass is 230 g/mol. The minimum Gasteiger partial charge on any atom is -0.354 e. The zero-order valence-corrected chi connectivity index (χ0v) is 9.64. The second-order valence-electron chi connectivity index (χ2n) is 2.19. The number of hydrogen-bond donors (Lipinski definition) is 0. The molecule has 0 saturated heterocycles. The molecule has 0 aromatic rings. The summed E-state index contributed by atoms with van der Waals surface area (Å²) < 4.78 is 26.5. The molecule has 0 aliphatic rings. The molecule has 0 aromatic heterocycles. The summed E-state index contributed by atoms with van der Waals surface area (Å²) in [7, 11) is -2.91. The molecule has 0 saturated carbocycles. The molecule has 0 aliphatic heterocycles. The van der Waals surface area contributed by atoms with Gasteiger partial charge >= 0.3 is 7.60 Å². The average molecular weight is 231 g/mol. The molecule has 0 amide bonds. The quantitative estimate of drug-likeness (QED) is 0.278. The zero-order valence-electron chi connectivity index (χ0n) is 7.99. The van der Waals surface area contributed by atoms with Gasteiger partial charge in [-0.05, 0) is 6.92 Å². The Balaban J connectivity index is 3.64. The molecule has 0 N–H and O–H groups in total. The predicted molar refractivity (Wildman–Crippen MR) is 52.4 cm³/mol. The summed E-state index contributed by atoms with van der Waals surface area (Å²) >= 11 is 5.37. The zero-order chi connectivity index (χ0) is 10.2. The highest BCUT2D eigenvalue weighted by Crippen LogP contribution is 2.47. The normalized spacial score (nSPS) is 15.6. The van der Waals surface area contributed by atoms with E-state index in [1.807, 2.05) is 0 Å². The van der Waals surface area contributed by atoms with Crippen LogP contribution in [-0.4, -0.2) is 32.0 Å². The van der Waals surface area contributed by atoms with Gasteiger partial charge in [-0.2, -0.15) is 0 Å². The molecular formula is C7H16ClO4P. The van der Waals surface area contributed by atoms with E-state index in [0.29, 0.717) is 25.3 Å². The van der Waals surface area contributed by atoms with Crippen LogP contribution >= 0.6 is 19.2 Å². The maximum absolute atomic E-state index is 11.6. The molecule has 4 nitrogen and oxygen atoms in total. The van der Waals surface area contributed by atoms with Crippen LogP contribution in [0.25, 0.3) is 0 Å². The van der Waals surface area contributed by atoms with Gasteiger partial charge in [0, 0.05) is 12.0 Å². The molecule has 0 aliphatic carbocycles. The maximum Gasteiger partial charge on any atom is 0.332 e. The Bertz CT molecular complexity index is 165. The lowest BCUT2D eigenvalue weighted by atomic mass is 10.9. The largest absolute Gasteiger partial charge is 0.354 e. The van der Waals surface area contributed by atoms with Crippen molar-refractivity contribution in [2.24, 2.45) is 0 Å². The SMILES string of the molecule is CCOP(=O)(CC)OCOCCCl. The molecule has 0 spiro atoms. The van der Waals surface area contributed by atoms with Crippen LogP contribution in [0.4, 0.5) is 0 Å². The van der Waals surface area contributed by atoms with E-state index in [2.05, 4.69) is 0 Å². The van der Waals surface area contributed by atoms with E-state index < -0.39 is 7.60 Å². The molecule has 13 heavy (non-hydrogen) atoms. The molecule has 0 bridgehead atoms. The number of alkyl halides is 1. The van der Waals surface area contributed by atoms with Crippen LogP contribution in [0.5, 0.6) is 0 Å². The lowest BCUT2D eigenvalue weighted by Gasteiger charge is -2.15. The highest BCUT2D eigenvalue weighted by Gasteiger charge is 2.20. The van der Waals surface area contributed by atoms with Gasteiger partial charge in [-0.15, -0.1) is 11.6 Å². The van der Waals surface area contributed by atoms with Gasteiger partial charge in [0.05, 0.1) is 13.2 Å². The minimum atomic E-state index is -2.91. The highest BCUT2D eigenvalue weighted by atomic mass is 35.5. The summed E-state index contributed by atoms with van der Waals surface area (Å²) in [4.78, 5) is 0. The van der Waals surface area contributed by atoms with E-state index in [4.69, 9.17) is 25.4 Å². The first kappa shape index (κ1) is 13.4. The fraction of sp³-hybridized carbons (Fsp3) is 1.00. The van der Waals surface area contributed by atoms with Gasteiger partial charge in [-0.25, -0.2) is 0 Å². The molecule has 80 valence electrons. The predicted octanol–water partition coefficient (Wildman–Crippen LogP) is 2.47. The standard InChI is InChI=1S/C7H16ClO4P/c1-3-11-13(9,4-2)12-7-10-6-5-8/h3-7H2,1-2H3. The molecule has 1 atom stereocenters. The van der Waals surface area contributed by atoms with Crippen molar-refractivity contribution in [3.05, 3.63) is 0 Å². The van der Waals surface area contributed by atoms with E-state index in [-0.39, 0.29) is 6.79 Å². The average Bonchev–Trinajstić information content (AvgIpc) is 2.13. The van der Waals surface area contributed by atoms with E-state index in [1.165, 1.54) is 0 Å². The van der Waals surface area contributed by atoms with Crippen LogP contribution in [0.1, 0.15) is 13.8 Å². The van der Waals surface area contributed by atoms with Crippen LogP contribution in [0.15, 0.2) is 0 Å². The van der Waals surface area contributed by atoms with Gasteiger partial charge in [0.1, 0.15) is 0 Å². The molecular weight excluding hydrogens is 214 g/mol. The Morgan fingerprint density at radius 1 is 1.31 bits per heavy atom. The molecule has 0 rings (SSSR count). The minimum absolute atomic E-state index is 0.0299. The Kier molecular flexibility index (Phi) is 8.01. The van der Waals surface area contributed by atoms with Crippen LogP contribution in [-0.2, 0) is 18.3 Å². The Hall–Kier alpha value is 0.400. The topological polar surface area (TPSA) is 44.8 Å². The van der Waals surface area contributed by atoms with Crippen molar-refractivity contribution in [3.8, 4) is 0 Å². The second-order valence-corrected chi connectivity index (χ2v) is 4.94. The Labute approximate surface area is 84.0 Å². The lowest BCUT2D eigenvalue weighted by molar-refractivity contribution is 0.0129. The highest BCUT2D eigenvalue weighted by molar-refractivity contribution is 7.53. The summed E-state index contributed by atoms with van der Waals surface area (Å²) in [5.74, 6) is 0.397. The van der Waals surface area contributed by atoms with Crippen LogP contribution in [0.2, 0.25) is 0 Å². The molecule has 0 radical (unpaired) electrons. The van der Waals surface area contributed by atoms with E-state index in [1.54, 1.807) is 13.8 Å². The van der Waals surface area contributed by atoms with Crippen LogP contribution in [0.3, 0.4) is 0 Å². The van der Waals surface area contributed by atoms with Crippen molar-refractivity contribution in [3.63, 3.8) is 0 Å². The Morgan fingerprint density at radius 3 is 2.46 bits per heavy atom. The molecule has 0 heterocycles. The molecule has 6 heteroatoms. The first-order valence-corrected chi connectivity index (χ1v) is 6.46. The number of halogens is 1. The summed E-state index contributed by atoms with van der Waals surface area (Å²) in [5, 5.41) is 0. The fourth-order valence-electron chi connectivity index (χ4n) is 0.648. The van der Waals surface area contributed by atoms with Gasteiger partial charge in [-0.1, -0.05) is 6.92 Å². The van der Waals surface area contributed by atoms with Gasteiger partial charge < -0.3 is 9.26 Å². The van der Waals surface area contributed by atoms with Crippen molar-refractivity contribution in [1.29, 1.82) is 0 Å². The molecule has 1 unspecified atom stereocenters. The van der Waals surface area contributed by atoms with Crippen molar-refractivity contribution in [1.82, 2.24) is 0 Å². The maximum atomic E-state index is 11.6. The Morgan fingerprint density at radius 2 is 2.00 bits per heavy atom. The van der Waals surface area contributed by atoms with Crippen LogP contribution < -0.4 is 0 Å². The van der Waals surface area contributed by atoms with Crippen molar-refractivity contribution < 1.29 is 18.3 Å². The van der Waals surface area contributed by atoms with E-state index in [0.717, 1.165) is 0 Å². The fourth-order valence-corrected chi connectivity index (χ4v) is 1.82. The summed E-state index contributed by atoms with van der Waals surface area (Å²) in [6, 6.07) is 0. The molecule has 0 aromatic carbocycles. The third-order valence-corrected chi connectivity index (χ3v) is 3.35. The number of hydrogen-bond acceptors (Lipinski definition) is 4. The van der Waals surface area contributed by atoms with E-state index >= 15 is 0 Å². The smallest absolute Gasteiger partial charge is 0.332 e. The van der Waals surface area contributed by atoms with Gasteiger partial charge in [0.15, 0.2) is 6.79 Å². The lowest BCUT2D eigenvalue weighted by Crippen LogP contribution is -2.04. The summed E-state index contributed by atoms with van der Waals surface area (Å²) in [5.41, 5.74) is 0. The van der Waals surface area contributed by atoms with Gasteiger partial charge in [0.2, 0.25) is 0 Å². The summed E-state index contributed by atoms with van der Waals surface area (Å²) in [6.45, 7) is 4.25. The van der Waals surface area contributed by atoms with Gasteiger partial charge in [-0.3, -0.25) is 9.09 Å². The van der Waals surface area contributed by atoms with E-state index in [9.17, 15) is 4.57 Å². The number of rotatable bonds is 8. The molecule has 0 fully saturated rings. The summed E-state index contributed by atoms with van der Waals surface area (Å²) in [6.07, 6.45) is 0.352. The van der Waals surface area contributed by atoms with Crippen molar-refractivity contribution >= 4 is 19.2 Å². The third kappa shape index (κ3) is 6.47. The second kappa shape index (κ2) is 7.77.